The number of rotatable bonds is 5. The van der Waals surface area contributed by atoms with Gasteiger partial charge in [-0.1, -0.05) is 41.9 Å². The minimum Gasteiger partial charge on any atom is -0.351 e. The molecule has 0 saturated heterocycles. The summed E-state index contributed by atoms with van der Waals surface area (Å²) in [6.07, 6.45) is 0. The normalized spacial score (nSPS) is 10.5. The van der Waals surface area contributed by atoms with Gasteiger partial charge in [-0.25, -0.2) is 0 Å². The SMILES string of the molecule is CC(C)NCC(=O)NCc1ccc(Br)cc1. The Morgan fingerprint density at radius 1 is 1.31 bits per heavy atom. The molecule has 2 N–H and O–H groups in total. The molecule has 1 aromatic rings. The van der Waals surface area contributed by atoms with Gasteiger partial charge in [0, 0.05) is 17.1 Å². The highest BCUT2D eigenvalue weighted by atomic mass is 79.9. The molecule has 1 rings (SSSR count). The number of carbonyl (C=O) groups is 1. The standard InChI is InChI=1S/C12H17BrN2O/c1-9(2)14-8-12(16)15-7-10-3-5-11(13)6-4-10/h3-6,9,14H,7-8H2,1-2H3,(H,15,16). The highest BCUT2D eigenvalue weighted by molar-refractivity contribution is 9.10. The molecule has 0 saturated carbocycles. The van der Waals surface area contributed by atoms with Crippen molar-refractivity contribution in [3.63, 3.8) is 0 Å². The van der Waals surface area contributed by atoms with E-state index in [0.717, 1.165) is 10.0 Å². The summed E-state index contributed by atoms with van der Waals surface area (Å²) >= 11 is 3.37. The summed E-state index contributed by atoms with van der Waals surface area (Å²) in [6, 6.07) is 8.24. The molecule has 88 valence electrons. The maximum atomic E-state index is 11.4. The minimum absolute atomic E-state index is 0.0246. The molecule has 0 aliphatic heterocycles. The third kappa shape index (κ3) is 5.28. The maximum absolute atomic E-state index is 11.4. The third-order valence-corrected chi connectivity index (χ3v) is 2.60. The lowest BCUT2D eigenvalue weighted by atomic mass is 10.2. The molecule has 1 aromatic carbocycles. The molecule has 0 heterocycles. The van der Waals surface area contributed by atoms with E-state index in [1.807, 2.05) is 38.1 Å². The fraction of sp³-hybridized carbons (Fsp3) is 0.417. The number of hydrogen-bond donors (Lipinski definition) is 2. The fourth-order valence-electron chi connectivity index (χ4n) is 1.16. The van der Waals surface area contributed by atoms with E-state index >= 15 is 0 Å². The minimum atomic E-state index is 0.0246. The Hall–Kier alpha value is -0.870. The lowest BCUT2D eigenvalue weighted by molar-refractivity contribution is -0.120. The van der Waals surface area contributed by atoms with Crippen molar-refractivity contribution in [2.75, 3.05) is 6.54 Å². The van der Waals surface area contributed by atoms with Crippen molar-refractivity contribution >= 4 is 21.8 Å². The molecular formula is C12H17BrN2O. The van der Waals surface area contributed by atoms with Gasteiger partial charge in [-0.3, -0.25) is 4.79 Å². The topological polar surface area (TPSA) is 41.1 Å². The second-order valence-electron chi connectivity index (χ2n) is 3.94. The highest BCUT2D eigenvalue weighted by Crippen LogP contribution is 2.09. The molecule has 3 nitrogen and oxygen atoms in total. The van der Waals surface area contributed by atoms with Gasteiger partial charge in [0.1, 0.15) is 0 Å². The van der Waals surface area contributed by atoms with E-state index in [2.05, 4.69) is 26.6 Å². The summed E-state index contributed by atoms with van der Waals surface area (Å²) in [7, 11) is 0. The maximum Gasteiger partial charge on any atom is 0.234 e. The molecule has 0 atom stereocenters. The van der Waals surface area contributed by atoms with Gasteiger partial charge in [0.25, 0.3) is 0 Å². The van der Waals surface area contributed by atoms with Crippen molar-refractivity contribution < 1.29 is 4.79 Å². The van der Waals surface area contributed by atoms with Crippen LogP contribution in [0.25, 0.3) is 0 Å². The first-order chi connectivity index (χ1) is 7.58. The second kappa shape index (κ2) is 6.66. The Balaban J connectivity index is 2.29. The molecule has 0 spiro atoms. The van der Waals surface area contributed by atoms with Crippen LogP contribution in [0.15, 0.2) is 28.7 Å². The first-order valence-corrected chi connectivity index (χ1v) is 6.12. The number of carbonyl (C=O) groups excluding carboxylic acids is 1. The first-order valence-electron chi connectivity index (χ1n) is 5.32. The summed E-state index contributed by atoms with van der Waals surface area (Å²) in [6.45, 7) is 4.98. The zero-order valence-corrected chi connectivity index (χ0v) is 11.2. The molecule has 0 unspecified atom stereocenters. The molecule has 0 aliphatic carbocycles. The smallest absolute Gasteiger partial charge is 0.234 e. The van der Waals surface area contributed by atoms with Crippen LogP contribution in [-0.2, 0) is 11.3 Å². The van der Waals surface area contributed by atoms with Crippen LogP contribution >= 0.6 is 15.9 Å². The molecule has 1 amide bonds. The van der Waals surface area contributed by atoms with Gasteiger partial charge in [-0.15, -0.1) is 0 Å². The Morgan fingerprint density at radius 3 is 2.50 bits per heavy atom. The van der Waals surface area contributed by atoms with E-state index in [-0.39, 0.29) is 5.91 Å². The average Bonchev–Trinajstić information content (AvgIpc) is 2.25. The van der Waals surface area contributed by atoms with Crippen LogP contribution in [0.3, 0.4) is 0 Å². The lowest BCUT2D eigenvalue weighted by Gasteiger charge is -2.08. The Kier molecular flexibility index (Phi) is 5.49. The van der Waals surface area contributed by atoms with E-state index in [1.165, 1.54) is 0 Å². The van der Waals surface area contributed by atoms with Gasteiger partial charge in [-0.2, -0.15) is 0 Å². The van der Waals surface area contributed by atoms with Gasteiger partial charge in [0.05, 0.1) is 6.54 Å². The fourth-order valence-corrected chi connectivity index (χ4v) is 1.43. The van der Waals surface area contributed by atoms with Crippen molar-refractivity contribution in [2.45, 2.75) is 26.4 Å². The summed E-state index contributed by atoms with van der Waals surface area (Å²) in [5.74, 6) is 0.0246. The predicted molar refractivity (Wildman–Crippen MR) is 69.1 cm³/mol. The van der Waals surface area contributed by atoms with Crippen molar-refractivity contribution in [1.82, 2.24) is 10.6 Å². The quantitative estimate of drug-likeness (QED) is 0.869. The zero-order chi connectivity index (χ0) is 12.0. The molecule has 0 radical (unpaired) electrons. The monoisotopic (exact) mass is 284 g/mol. The van der Waals surface area contributed by atoms with Crippen molar-refractivity contribution in [3.8, 4) is 0 Å². The van der Waals surface area contributed by atoms with Gasteiger partial charge < -0.3 is 10.6 Å². The van der Waals surface area contributed by atoms with Crippen LogP contribution in [-0.4, -0.2) is 18.5 Å². The van der Waals surface area contributed by atoms with Gasteiger partial charge in [-0.05, 0) is 17.7 Å². The largest absolute Gasteiger partial charge is 0.351 e. The van der Waals surface area contributed by atoms with Crippen LogP contribution in [0.1, 0.15) is 19.4 Å². The number of amides is 1. The zero-order valence-electron chi connectivity index (χ0n) is 9.59. The lowest BCUT2D eigenvalue weighted by Crippen LogP contribution is -2.36. The van der Waals surface area contributed by atoms with Crippen LogP contribution in [0.4, 0.5) is 0 Å². The molecule has 4 heteroatoms. The van der Waals surface area contributed by atoms with Crippen LogP contribution in [0.2, 0.25) is 0 Å². The molecule has 0 aromatic heterocycles. The van der Waals surface area contributed by atoms with E-state index in [9.17, 15) is 4.79 Å². The Labute approximate surface area is 105 Å². The van der Waals surface area contributed by atoms with Crippen molar-refractivity contribution in [1.29, 1.82) is 0 Å². The highest BCUT2D eigenvalue weighted by Gasteiger charge is 2.01. The van der Waals surface area contributed by atoms with E-state index in [1.54, 1.807) is 0 Å². The number of nitrogens with one attached hydrogen (secondary N) is 2. The number of benzene rings is 1. The van der Waals surface area contributed by atoms with E-state index in [0.29, 0.717) is 19.1 Å². The number of hydrogen-bond acceptors (Lipinski definition) is 2. The molecule has 0 fully saturated rings. The van der Waals surface area contributed by atoms with Crippen LogP contribution in [0.5, 0.6) is 0 Å². The second-order valence-corrected chi connectivity index (χ2v) is 4.85. The van der Waals surface area contributed by atoms with Gasteiger partial charge >= 0.3 is 0 Å². The van der Waals surface area contributed by atoms with Crippen LogP contribution in [0, 0.1) is 0 Å². The first kappa shape index (κ1) is 13.2. The number of halogens is 1. The van der Waals surface area contributed by atoms with Crippen molar-refractivity contribution in [3.05, 3.63) is 34.3 Å². The summed E-state index contributed by atoms with van der Waals surface area (Å²) < 4.78 is 1.05. The third-order valence-electron chi connectivity index (χ3n) is 2.07. The molecule has 0 bridgehead atoms. The van der Waals surface area contributed by atoms with E-state index < -0.39 is 0 Å². The van der Waals surface area contributed by atoms with Crippen LogP contribution < -0.4 is 10.6 Å². The average molecular weight is 285 g/mol. The van der Waals surface area contributed by atoms with Gasteiger partial charge in [0.2, 0.25) is 5.91 Å². The summed E-state index contributed by atoms with van der Waals surface area (Å²) in [4.78, 5) is 11.4. The molecule has 0 aliphatic rings. The van der Waals surface area contributed by atoms with Crippen molar-refractivity contribution in [2.24, 2.45) is 0 Å². The Morgan fingerprint density at radius 2 is 1.94 bits per heavy atom. The Bertz CT molecular complexity index is 335. The summed E-state index contributed by atoms with van der Waals surface area (Å²) in [5.41, 5.74) is 1.10. The summed E-state index contributed by atoms with van der Waals surface area (Å²) in [5, 5.41) is 5.93. The molecular weight excluding hydrogens is 268 g/mol. The van der Waals surface area contributed by atoms with Gasteiger partial charge in [0.15, 0.2) is 0 Å². The van der Waals surface area contributed by atoms with E-state index in [4.69, 9.17) is 0 Å². The predicted octanol–water partition coefficient (Wildman–Crippen LogP) is 2.06. The molecule has 16 heavy (non-hydrogen) atoms.